The SMILES string of the molecule is O=C(Nc1ccccc1)Oc1ccc(Br)cc1Br. The van der Waals surface area contributed by atoms with Gasteiger partial charge in [0.2, 0.25) is 0 Å². The van der Waals surface area contributed by atoms with E-state index in [4.69, 9.17) is 4.74 Å². The molecule has 0 radical (unpaired) electrons. The minimum atomic E-state index is -0.524. The molecule has 1 amide bonds. The molecule has 18 heavy (non-hydrogen) atoms. The van der Waals surface area contributed by atoms with Crippen molar-refractivity contribution in [3.63, 3.8) is 0 Å². The maximum Gasteiger partial charge on any atom is 0.417 e. The number of ether oxygens (including phenoxy) is 1. The largest absolute Gasteiger partial charge is 0.417 e. The third-order valence-corrected chi connectivity index (χ3v) is 3.23. The van der Waals surface area contributed by atoms with E-state index in [1.165, 1.54) is 0 Å². The second kappa shape index (κ2) is 6.02. The van der Waals surface area contributed by atoms with Crippen molar-refractivity contribution in [3.8, 4) is 5.75 Å². The number of carbonyl (C=O) groups excluding carboxylic acids is 1. The van der Waals surface area contributed by atoms with E-state index < -0.39 is 6.09 Å². The van der Waals surface area contributed by atoms with E-state index in [-0.39, 0.29) is 0 Å². The fraction of sp³-hybridized carbons (Fsp3) is 0. The zero-order chi connectivity index (χ0) is 13.0. The molecule has 0 spiro atoms. The predicted octanol–water partition coefficient (Wildman–Crippen LogP) is 4.82. The number of hydrogen-bond donors (Lipinski definition) is 1. The summed E-state index contributed by atoms with van der Waals surface area (Å²) in [5.74, 6) is 0.464. The quantitative estimate of drug-likeness (QED) is 0.822. The molecule has 0 bridgehead atoms. The Morgan fingerprint density at radius 1 is 1.06 bits per heavy atom. The van der Waals surface area contributed by atoms with Crippen LogP contribution in [0.3, 0.4) is 0 Å². The lowest BCUT2D eigenvalue weighted by atomic mass is 10.3. The molecular formula is C13H9Br2NO2. The molecule has 0 unspecified atom stereocenters. The van der Waals surface area contributed by atoms with Crippen LogP contribution >= 0.6 is 31.9 Å². The summed E-state index contributed by atoms with van der Waals surface area (Å²) in [6.45, 7) is 0. The van der Waals surface area contributed by atoms with E-state index in [1.54, 1.807) is 24.3 Å². The molecule has 0 aromatic heterocycles. The molecule has 0 saturated heterocycles. The van der Waals surface area contributed by atoms with E-state index in [2.05, 4.69) is 37.2 Å². The Balaban J connectivity index is 2.03. The van der Waals surface area contributed by atoms with Gasteiger partial charge < -0.3 is 4.74 Å². The molecule has 5 heteroatoms. The van der Waals surface area contributed by atoms with Gasteiger partial charge in [0.15, 0.2) is 0 Å². The summed E-state index contributed by atoms with van der Waals surface area (Å²) in [4.78, 5) is 11.7. The molecular weight excluding hydrogens is 362 g/mol. The lowest BCUT2D eigenvalue weighted by Gasteiger charge is -2.08. The van der Waals surface area contributed by atoms with Crippen LogP contribution in [-0.4, -0.2) is 6.09 Å². The van der Waals surface area contributed by atoms with Gasteiger partial charge in [-0.2, -0.15) is 0 Å². The van der Waals surface area contributed by atoms with Gasteiger partial charge in [-0.3, -0.25) is 5.32 Å². The number of para-hydroxylation sites is 1. The topological polar surface area (TPSA) is 38.3 Å². The average Bonchev–Trinajstić information content (AvgIpc) is 2.34. The summed E-state index contributed by atoms with van der Waals surface area (Å²) in [6, 6.07) is 14.5. The number of nitrogens with one attached hydrogen (secondary N) is 1. The monoisotopic (exact) mass is 369 g/mol. The Labute approximate surface area is 121 Å². The molecule has 0 saturated carbocycles. The van der Waals surface area contributed by atoms with E-state index in [0.29, 0.717) is 15.9 Å². The first-order valence-corrected chi connectivity index (χ1v) is 6.73. The lowest BCUT2D eigenvalue weighted by Crippen LogP contribution is -2.16. The first kappa shape index (κ1) is 13.1. The number of halogens is 2. The predicted molar refractivity (Wildman–Crippen MR) is 77.9 cm³/mol. The highest BCUT2D eigenvalue weighted by Crippen LogP contribution is 2.28. The van der Waals surface area contributed by atoms with E-state index in [1.807, 2.05) is 24.3 Å². The average molecular weight is 371 g/mol. The van der Waals surface area contributed by atoms with Crippen molar-refractivity contribution < 1.29 is 9.53 Å². The second-order valence-corrected chi connectivity index (χ2v) is 5.23. The first-order chi connectivity index (χ1) is 8.65. The van der Waals surface area contributed by atoms with Crippen LogP contribution < -0.4 is 10.1 Å². The van der Waals surface area contributed by atoms with Crippen molar-refractivity contribution in [2.24, 2.45) is 0 Å². The minimum Gasteiger partial charge on any atom is -0.409 e. The molecule has 0 aliphatic carbocycles. The molecule has 2 aromatic carbocycles. The van der Waals surface area contributed by atoms with E-state index in [0.717, 1.165) is 4.47 Å². The third kappa shape index (κ3) is 3.58. The summed E-state index contributed by atoms with van der Waals surface area (Å²) in [5.41, 5.74) is 0.690. The highest BCUT2D eigenvalue weighted by Gasteiger charge is 2.08. The van der Waals surface area contributed by atoms with Crippen LogP contribution in [0.2, 0.25) is 0 Å². The van der Waals surface area contributed by atoms with Gasteiger partial charge >= 0.3 is 6.09 Å². The van der Waals surface area contributed by atoms with Crippen molar-refractivity contribution in [2.45, 2.75) is 0 Å². The minimum absolute atomic E-state index is 0.464. The van der Waals surface area contributed by atoms with Crippen LogP contribution in [0.5, 0.6) is 5.75 Å². The Morgan fingerprint density at radius 2 is 1.78 bits per heavy atom. The van der Waals surface area contributed by atoms with Crippen molar-refractivity contribution >= 4 is 43.6 Å². The molecule has 2 rings (SSSR count). The molecule has 2 aromatic rings. The summed E-state index contributed by atoms with van der Waals surface area (Å²) in [6.07, 6.45) is -0.524. The number of benzene rings is 2. The van der Waals surface area contributed by atoms with Crippen LogP contribution in [-0.2, 0) is 0 Å². The van der Waals surface area contributed by atoms with Gasteiger partial charge in [-0.25, -0.2) is 4.79 Å². The number of carbonyl (C=O) groups is 1. The number of anilines is 1. The normalized spacial score (nSPS) is 9.89. The lowest BCUT2D eigenvalue weighted by molar-refractivity contribution is 0.215. The fourth-order valence-corrected chi connectivity index (χ4v) is 2.45. The van der Waals surface area contributed by atoms with Gasteiger partial charge in [0.25, 0.3) is 0 Å². The van der Waals surface area contributed by atoms with Crippen molar-refractivity contribution in [1.29, 1.82) is 0 Å². The van der Waals surface area contributed by atoms with Gasteiger partial charge in [0, 0.05) is 10.2 Å². The van der Waals surface area contributed by atoms with Crippen LogP contribution in [0.1, 0.15) is 0 Å². The van der Waals surface area contributed by atoms with Crippen molar-refractivity contribution in [2.75, 3.05) is 5.32 Å². The highest BCUT2D eigenvalue weighted by molar-refractivity contribution is 9.11. The van der Waals surface area contributed by atoms with Gasteiger partial charge in [0.05, 0.1) is 4.47 Å². The smallest absolute Gasteiger partial charge is 0.409 e. The Kier molecular flexibility index (Phi) is 4.38. The first-order valence-electron chi connectivity index (χ1n) is 5.14. The van der Waals surface area contributed by atoms with Crippen LogP contribution in [0.4, 0.5) is 10.5 Å². The summed E-state index contributed by atoms with van der Waals surface area (Å²) in [5, 5.41) is 2.64. The van der Waals surface area contributed by atoms with E-state index >= 15 is 0 Å². The summed E-state index contributed by atoms with van der Waals surface area (Å²) >= 11 is 6.66. The molecule has 1 N–H and O–H groups in total. The Bertz CT molecular complexity index is 558. The Morgan fingerprint density at radius 3 is 2.44 bits per heavy atom. The Hall–Kier alpha value is -1.33. The van der Waals surface area contributed by atoms with Gasteiger partial charge in [-0.15, -0.1) is 0 Å². The number of hydrogen-bond acceptors (Lipinski definition) is 2. The number of amides is 1. The molecule has 0 heterocycles. The van der Waals surface area contributed by atoms with Gasteiger partial charge in [-0.1, -0.05) is 34.1 Å². The zero-order valence-corrected chi connectivity index (χ0v) is 12.4. The zero-order valence-electron chi connectivity index (χ0n) is 9.19. The van der Waals surface area contributed by atoms with Crippen molar-refractivity contribution in [1.82, 2.24) is 0 Å². The highest BCUT2D eigenvalue weighted by atomic mass is 79.9. The maximum absolute atomic E-state index is 11.7. The number of rotatable bonds is 2. The molecule has 92 valence electrons. The van der Waals surface area contributed by atoms with Crippen LogP contribution in [0, 0.1) is 0 Å². The van der Waals surface area contributed by atoms with Crippen molar-refractivity contribution in [3.05, 3.63) is 57.5 Å². The van der Waals surface area contributed by atoms with Gasteiger partial charge in [-0.05, 0) is 46.3 Å². The van der Waals surface area contributed by atoms with E-state index in [9.17, 15) is 4.79 Å². The summed E-state index contributed by atoms with van der Waals surface area (Å²) < 4.78 is 6.80. The van der Waals surface area contributed by atoms with Crippen LogP contribution in [0.15, 0.2) is 57.5 Å². The van der Waals surface area contributed by atoms with Crippen LogP contribution in [0.25, 0.3) is 0 Å². The maximum atomic E-state index is 11.7. The standard InChI is InChI=1S/C13H9Br2NO2/c14-9-6-7-12(11(15)8-9)18-13(17)16-10-4-2-1-3-5-10/h1-8H,(H,16,17). The fourth-order valence-electron chi connectivity index (χ4n) is 1.32. The second-order valence-electron chi connectivity index (χ2n) is 3.46. The molecule has 0 aliphatic heterocycles. The third-order valence-electron chi connectivity index (χ3n) is 2.12. The molecule has 0 fully saturated rings. The van der Waals surface area contributed by atoms with Gasteiger partial charge in [0.1, 0.15) is 5.75 Å². The molecule has 3 nitrogen and oxygen atoms in total. The summed E-state index contributed by atoms with van der Waals surface area (Å²) in [7, 11) is 0. The molecule has 0 atom stereocenters. The molecule has 0 aliphatic rings.